The molecule has 2 amide bonds. The van der Waals surface area contributed by atoms with E-state index in [9.17, 15) is 14.0 Å². The molecule has 178 valence electrons. The fraction of sp³-hybridized carbons (Fsp3) is 0.185. The number of pyridine rings is 1. The van der Waals surface area contributed by atoms with Crippen LogP contribution in [0.4, 0.5) is 14.9 Å². The van der Waals surface area contributed by atoms with Crippen molar-refractivity contribution in [3.8, 4) is 11.5 Å². The van der Waals surface area contributed by atoms with Crippen LogP contribution in [0.5, 0.6) is 11.5 Å². The minimum Gasteiger partial charge on any atom is -0.454 e. The number of halogens is 1. The number of aromatic nitrogens is 1. The number of hydrogen-bond acceptors (Lipinski definition) is 4. The van der Waals surface area contributed by atoms with E-state index >= 15 is 0 Å². The Hall–Kier alpha value is -4.33. The minimum atomic E-state index is -0.422. The zero-order chi connectivity index (χ0) is 24.5. The summed E-state index contributed by atoms with van der Waals surface area (Å²) in [6.07, 6.45) is 0. The maximum atomic E-state index is 13.3. The molecule has 0 radical (unpaired) electrons. The van der Waals surface area contributed by atoms with Crippen LogP contribution in [0.3, 0.4) is 0 Å². The number of urea groups is 1. The highest BCUT2D eigenvalue weighted by Crippen LogP contribution is 2.33. The smallest absolute Gasteiger partial charge is 0.322 e. The lowest BCUT2D eigenvalue weighted by molar-refractivity contribution is 0.174. The summed E-state index contributed by atoms with van der Waals surface area (Å²) in [6.45, 7) is 4.45. The lowest BCUT2D eigenvalue weighted by Gasteiger charge is -2.23. The Morgan fingerprint density at radius 2 is 1.71 bits per heavy atom. The molecule has 7 nitrogen and oxygen atoms in total. The number of ether oxygens (including phenoxy) is 2. The summed E-state index contributed by atoms with van der Waals surface area (Å²) in [6, 6.07) is 16.3. The van der Waals surface area contributed by atoms with Gasteiger partial charge in [-0.2, -0.15) is 0 Å². The van der Waals surface area contributed by atoms with Gasteiger partial charge in [-0.15, -0.1) is 0 Å². The van der Waals surface area contributed by atoms with E-state index in [2.05, 4.69) is 10.3 Å². The first-order valence-corrected chi connectivity index (χ1v) is 11.2. The van der Waals surface area contributed by atoms with Crippen molar-refractivity contribution in [2.45, 2.75) is 26.9 Å². The molecule has 0 fully saturated rings. The van der Waals surface area contributed by atoms with Gasteiger partial charge in [0, 0.05) is 23.3 Å². The van der Waals surface area contributed by atoms with Crippen LogP contribution >= 0.6 is 0 Å². The molecule has 5 rings (SSSR count). The maximum absolute atomic E-state index is 13.3. The number of aromatic amines is 1. The van der Waals surface area contributed by atoms with E-state index in [1.54, 1.807) is 6.07 Å². The number of nitrogens with zero attached hydrogens (tertiary/aromatic N) is 1. The normalized spacial score (nSPS) is 12.1. The van der Waals surface area contributed by atoms with Gasteiger partial charge < -0.3 is 24.7 Å². The summed E-state index contributed by atoms with van der Waals surface area (Å²) in [5.41, 5.74) is 4.41. The molecule has 1 aliphatic rings. The Kier molecular flexibility index (Phi) is 5.86. The second-order valence-electron chi connectivity index (χ2n) is 8.63. The van der Waals surface area contributed by atoms with Crippen LogP contribution in [0.2, 0.25) is 0 Å². The Balaban J connectivity index is 1.47. The monoisotopic (exact) mass is 473 g/mol. The number of carbonyl (C=O) groups is 1. The van der Waals surface area contributed by atoms with E-state index < -0.39 is 11.8 Å². The number of benzene rings is 3. The molecule has 0 bridgehead atoms. The molecule has 1 aromatic heterocycles. The zero-order valence-corrected chi connectivity index (χ0v) is 19.4. The maximum Gasteiger partial charge on any atom is 0.322 e. The highest BCUT2D eigenvalue weighted by Gasteiger charge is 2.20. The number of anilines is 1. The Morgan fingerprint density at radius 1 is 0.971 bits per heavy atom. The van der Waals surface area contributed by atoms with Crippen molar-refractivity contribution in [3.05, 3.63) is 99.1 Å². The predicted octanol–water partition coefficient (Wildman–Crippen LogP) is 5.25. The largest absolute Gasteiger partial charge is 0.454 e. The molecule has 0 aliphatic carbocycles. The van der Waals surface area contributed by atoms with Gasteiger partial charge in [0.05, 0.1) is 6.54 Å². The summed E-state index contributed by atoms with van der Waals surface area (Å²) >= 11 is 0. The average molecular weight is 474 g/mol. The van der Waals surface area contributed by atoms with Gasteiger partial charge in [-0.3, -0.25) is 4.79 Å². The standard InChI is InChI=1S/C27H24FN3O4/c1-16-9-19-12-20(26(32)30-23(19)10-17(16)2)14-31(27(33)29-22-6-4-21(28)5-7-22)13-18-3-8-24-25(11-18)35-15-34-24/h3-12H,13-15H2,1-2H3,(H,29,33)(H,30,32). The van der Waals surface area contributed by atoms with Crippen LogP contribution in [-0.4, -0.2) is 22.7 Å². The molecule has 0 atom stereocenters. The number of fused-ring (bicyclic) bond motifs is 2. The number of rotatable bonds is 5. The van der Waals surface area contributed by atoms with E-state index in [-0.39, 0.29) is 25.4 Å². The van der Waals surface area contributed by atoms with Gasteiger partial charge in [0.25, 0.3) is 5.56 Å². The van der Waals surface area contributed by atoms with E-state index in [0.29, 0.717) is 22.7 Å². The number of hydrogen-bond donors (Lipinski definition) is 2. The van der Waals surface area contributed by atoms with Crippen molar-refractivity contribution in [1.82, 2.24) is 9.88 Å². The Labute approximate surface area is 201 Å². The zero-order valence-electron chi connectivity index (χ0n) is 19.4. The molecule has 8 heteroatoms. The van der Waals surface area contributed by atoms with E-state index in [0.717, 1.165) is 27.6 Å². The number of aryl methyl sites for hydroxylation is 2. The molecule has 0 unspecified atom stereocenters. The van der Waals surface area contributed by atoms with Crippen molar-refractivity contribution in [1.29, 1.82) is 0 Å². The minimum absolute atomic E-state index is 0.0691. The lowest BCUT2D eigenvalue weighted by Crippen LogP contribution is -2.35. The molecule has 0 saturated heterocycles. The van der Waals surface area contributed by atoms with E-state index in [4.69, 9.17) is 9.47 Å². The van der Waals surface area contributed by atoms with Gasteiger partial charge in [0.2, 0.25) is 6.79 Å². The van der Waals surface area contributed by atoms with Crippen molar-refractivity contribution >= 4 is 22.6 Å². The molecule has 1 aliphatic heterocycles. The third kappa shape index (κ3) is 4.82. The summed E-state index contributed by atoms with van der Waals surface area (Å²) in [5, 5.41) is 3.68. The van der Waals surface area contributed by atoms with Gasteiger partial charge in [0.1, 0.15) is 5.82 Å². The quantitative estimate of drug-likeness (QED) is 0.415. The second kappa shape index (κ2) is 9.13. The number of carbonyl (C=O) groups excluding carboxylic acids is 1. The van der Waals surface area contributed by atoms with E-state index in [1.807, 2.05) is 44.2 Å². The van der Waals surface area contributed by atoms with Crippen molar-refractivity contribution in [2.75, 3.05) is 12.1 Å². The van der Waals surface area contributed by atoms with Crippen LogP contribution in [-0.2, 0) is 13.1 Å². The third-order valence-corrected chi connectivity index (χ3v) is 6.09. The van der Waals surface area contributed by atoms with Gasteiger partial charge in [0.15, 0.2) is 11.5 Å². The number of amides is 2. The highest BCUT2D eigenvalue weighted by molar-refractivity contribution is 5.89. The van der Waals surface area contributed by atoms with Crippen LogP contribution in [0.25, 0.3) is 10.9 Å². The van der Waals surface area contributed by atoms with Gasteiger partial charge in [-0.1, -0.05) is 6.07 Å². The first-order chi connectivity index (χ1) is 16.9. The predicted molar refractivity (Wildman–Crippen MR) is 131 cm³/mol. The first kappa shape index (κ1) is 22.5. The van der Waals surface area contributed by atoms with Gasteiger partial charge in [-0.25, -0.2) is 9.18 Å². The molecule has 35 heavy (non-hydrogen) atoms. The van der Waals surface area contributed by atoms with Crippen molar-refractivity contribution in [3.63, 3.8) is 0 Å². The second-order valence-corrected chi connectivity index (χ2v) is 8.63. The molecule has 4 aromatic rings. The number of H-pyrrole nitrogens is 1. The van der Waals surface area contributed by atoms with Crippen molar-refractivity contribution in [2.24, 2.45) is 0 Å². The lowest BCUT2D eigenvalue weighted by atomic mass is 10.0. The molecule has 2 heterocycles. The van der Waals surface area contributed by atoms with Crippen LogP contribution in [0, 0.1) is 19.7 Å². The fourth-order valence-corrected chi connectivity index (χ4v) is 4.04. The van der Waals surface area contributed by atoms with Crippen molar-refractivity contribution < 1.29 is 18.7 Å². The van der Waals surface area contributed by atoms with Gasteiger partial charge in [-0.05, 0) is 90.5 Å². The Morgan fingerprint density at radius 3 is 2.51 bits per heavy atom. The molecular weight excluding hydrogens is 449 g/mol. The molecule has 0 saturated carbocycles. The fourth-order valence-electron chi connectivity index (χ4n) is 4.04. The van der Waals surface area contributed by atoms with Crippen LogP contribution in [0.15, 0.2) is 65.5 Å². The van der Waals surface area contributed by atoms with Crippen LogP contribution in [0.1, 0.15) is 22.3 Å². The highest BCUT2D eigenvalue weighted by atomic mass is 19.1. The van der Waals surface area contributed by atoms with Gasteiger partial charge >= 0.3 is 6.03 Å². The topological polar surface area (TPSA) is 83.7 Å². The molecule has 0 spiro atoms. The average Bonchev–Trinajstić information content (AvgIpc) is 3.30. The number of nitrogens with one attached hydrogen (secondary N) is 2. The summed E-state index contributed by atoms with van der Waals surface area (Å²) in [4.78, 5) is 30.6. The SMILES string of the molecule is Cc1cc2cc(CN(Cc3ccc4c(c3)OCO4)C(=O)Nc3ccc(F)cc3)c(=O)[nH]c2cc1C. The molecule has 2 N–H and O–H groups in total. The summed E-state index contributed by atoms with van der Waals surface area (Å²) < 4.78 is 24.1. The van der Waals surface area contributed by atoms with E-state index in [1.165, 1.54) is 29.2 Å². The summed E-state index contributed by atoms with van der Waals surface area (Å²) in [5.74, 6) is 0.858. The van der Waals surface area contributed by atoms with Crippen LogP contribution < -0.4 is 20.3 Å². The molecular formula is C27H24FN3O4. The molecule has 3 aromatic carbocycles. The Bertz CT molecular complexity index is 1480. The first-order valence-electron chi connectivity index (χ1n) is 11.2. The summed E-state index contributed by atoms with van der Waals surface area (Å²) in [7, 11) is 0. The third-order valence-electron chi connectivity index (χ3n) is 6.09.